The fourth-order valence-electron chi connectivity index (χ4n) is 3.32. The number of imide groups is 1. The molecule has 2 N–H and O–H groups in total. The van der Waals surface area contributed by atoms with E-state index in [2.05, 4.69) is 20.0 Å². The Bertz CT molecular complexity index is 1450. The van der Waals surface area contributed by atoms with Crippen molar-refractivity contribution in [3.05, 3.63) is 72.1 Å². The van der Waals surface area contributed by atoms with Gasteiger partial charge in [-0.2, -0.15) is 0 Å². The zero-order valence-electron chi connectivity index (χ0n) is 22.7. The molecule has 0 aliphatic heterocycles. The van der Waals surface area contributed by atoms with E-state index in [1.54, 1.807) is 6.07 Å². The molecule has 12 nitrogen and oxygen atoms in total. The summed E-state index contributed by atoms with van der Waals surface area (Å²) in [6.07, 6.45) is -3.31. The molecule has 0 aliphatic carbocycles. The Morgan fingerprint density at radius 1 is 1.02 bits per heavy atom. The van der Waals surface area contributed by atoms with Gasteiger partial charge in [0.1, 0.15) is 23.2 Å². The number of halogens is 3. The highest BCUT2D eigenvalue weighted by atomic mass is 32.2. The van der Waals surface area contributed by atoms with Crippen LogP contribution in [0.25, 0.3) is 0 Å². The first-order valence-corrected chi connectivity index (χ1v) is 13.3. The van der Waals surface area contributed by atoms with Crippen LogP contribution in [0, 0.1) is 0 Å². The summed E-state index contributed by atoms with van der Waals surface area (Å²) >= 11 is 1.15. The van der Waals surface area contributed by atoms with Crippen molar-refractivity contribution in [2.75, 3.05) is 23.4 Å². The van der Waals surface area contributed by atoms with Crippen molar-refractivity contribution in [1.82, 2.24) is 9.97 Å². The number of amides is 3. The number of ether oxygens (including phenoxy) is 3. The van der Waals surface area contributed by atoms with Crippen LogP contribution in [0.1, 0.15) is 29.8 Å². The van der Waals surface area contributed by atoms with Gasteiger partial charge in [0.2, 0.25) is 0 Å². The van der Waals surface area contributed by atoms with Crippen LogP contribution in [0.3, 0.4) is 0 Å². The zero-order valence-corrected chi connectivity index (χ0v) is 23.5. The number of carbonyl (C=O) groups is 4. The minimum atomic E-state index is -4.84. The number of aliphatic hydroxyl groups excluding tert-OH is 1. The van der Waals surface area contributed by atoms with Gasteiger partial charge in [0.15, 0.2) is 12.9 Å². The van der Waals surface area contributed by atoms with Crippen molar-refractivity contribution in [2.24, 2.45) is 0 Å². The Kier molecular flexibility index (Phi) is 11.6. The Morgan fingerprint density at radius 2 is 1.72 bits per heavy atom. The Labute approximate surface area is 247 Å². The lowest BCUT2D eigenvalue weighted by molar-refractivity contribution is -0.274. The number of carbonyl (C=O) groups excluding carboxylic acids is 4. The average Bonchev–Trinajstić information content (AvgIpc) is 2.94. The van der Waals surface area contributed by atoms with Crippen molar-refractivity contribution in [1.29, 1.82) is 0 Å². The SMILES string of the molecule is CC(=O)OCC(=O)N(C(=O)COC(C)O)c1cc(CSc2ncccc2C(=O)Nc2ccc(OC(F)(F)F)cc2)ccn1. The number of aliphatic hydroxyl groups is 1. The van der Waals surface area contributed by atoms with E-state index in [1.807, 2.05) is 0 Å². The van der Waals surface area contributed by atoms with Crippen LogP contribution in [0.5, 0.6) is 5.75 Å². The lowest BCUT2D eigenvalue weighted by Crippen LogP contribution is -2.42. The second-order valence-electron chi connectivity index (χ2n) is 8.51. The van der Waals surface area contributed by atoms with Crippen LogP contribution in [0.4, 0.5) is 24.7 Å². The predicted molar refractivity (Wildman–Crippen MR) is 146 cm³/mol. The molecule has 1 aromatic carbocycles. The lowest BCUT2D eigenvalue weighted by atomic mass is 10.2. The van der Waals surface area contributed by atoms with E-state index < -0.39 is 55.3 Å². The maximum Gasteiger partial charge on any atom is 0.573 e. The third kappa shape index (κ3) is 10.7. The molecule has 3 rings (SSSR count). The third-order valence-electron chi connectivity index (χ3n) is 5.12. The number of benzene rings is 1. The molecule has 1 unspecified atom stereocenters. The van der Waals surface area contributed by atoms with Crippen molar-refractivity contribution < 1.29 is 51.7 Å². The molecular weight excluding hydrogens is 597 g/mol. The van der Waals surface area contributed by atoms with Crippen LogP contribution >= 0.6 is 11.8 Å². The van der Waals surface area contributed by atoms with E-state index in [0.717, 1.165) is 30.8 Å². The predicted octanol–water partition coefficient (Wildman–Crippen LogP) is 3.70. The van der Waals surface area contributed by atoms with E-state index in [9.17, 15) is 37.5 Å². The van der Waals surface area contributed by atoms with E-state index in [1.165, 1.54) is 49.6 Å². The van der Waals surface area contributed by atoms with Gasteiger partial charge in [-0.15, -0.1) is 24.9 Å². The molecule has 0 saturated heterocycles. The van der Waals surface area contributed by atoms with Crippen LogP contribution in [-0.2, 0) is 29.6 Å². The van der Waals surface area contributed by atoms with E-state index in [4.69, 9.17) is 9.47 Å². The summed E-state index contributed by atoms with van der Waals surface area (Å²) in [6, 6.07) is 10.7. The first-order chi connectivity index (χ1) is 20.3. The quantitative estimate of drug-likeness (QED) is 0.172. The summed E-state index contributed by atoms with van der Waals surface area (Å²) < 4.78 is 50.6. The number of nitrogens with one attached hydrogen (secondary N) is 1. The van der Waals surface area contributed by atoms with Crippen LogP contribution < -0.4 is 15.0 Å². The number of alkyl halides is 3. The Balaban J connectivity index is 1.74. The molecule has 0 fully saturated rings. The topological polar surface area (TPSA) is 157 Å². The average molecular weight is 623 g/mol. The number of nitrogens with zero attached hydrogens (tertiary/aromatic N) is 3. The molecule has 2 heterocycles. The fraction of sp³-hybridized carbons (Fsp3) is 0.259. The molecule has 2 aromatic heterocycles. The molecule has 0 bridgehead atoms. The lowest BCUT2D eigenvalue weighted by Gasteiger charge is -2.20. The van der Waals surface area contributed by atoms with Crippen molar-refractivity contribution >= 4 is 47.0 Å². The molecule has 0 radical (unpaired) electrons. The van der Waals surface area contributed by atoms with Crippen LogP contribution in [-0.4, -0.2) is 64.6 Å². The minimum Gasteiger partial charge on any atom is -0.456 e. The van der Waals surface area contributed by atoms with Gasteiger partial charge < -0.3 is 24.6 Å². The smallest absolute Gasteiger partial charge is 0.456 e. The maximum absolute atomic E-state index is 12.9. The van der Waals surface area contributed by atoms with Crippen LogP contribution in [0.2, 0.25) is 0 Å². The number of esters is 1. The van der Waals surface area contributed by atoms with Crippen LogP contribution in [0.15, 0.2) is 66.0 Å². The number of thioether (sulfide) groups is 1. The number of pyridine rings is 2. The van der Waals surface area contributed by atoms with Crippen molar-refractivity contribution in [2.45, 2.75) is 37.3 Å². The summed E-state index contributed by atoms with van der Waals surface area (Å²) in [5.41, 5.74) is 0.976. The number of hydrogen-bond donors (Lipinski definition) is 2. The first-order valence-electron chi connectivity index (χ1n) is 12.3. The molecule has 43 heavy (non-hydrogen) atoms. The minimum absolute atomic E-state index is 0.0913. The molecule has 1 atom stereocenters. The highest BCUT2D eigenvalue weighted by Crippen LogP contribution is 2.28. The summed E-state index contributed by atoms with van der Waals surface area (Å²) in [6.45, 7) is 0.987. The molecule has 16 heteroatoms. The van der Waals surface area contributed by atoms with E-state index in [0.29, 0.717) is 15.5 Å². The van der Waals surface area contributed by atoms with Gasteiger partial charge in [0.05, 0.1) is 5.56 Å². The summed E-state index contributed by atoms with van der Waals surface area (Å²) in [4.78, 5) is 58.6. The zero-order chi connectivity index (χ0) is 31.6. The molecule has 0 spiro atoms. The highest BCUT2D eigenvalue weighted by molar-refractivity contribution is 7.98. The Morgan fingerprint density at radius 3 is 2.37 bits per heavy atom. The summed E-state index contributed by atoms with van der Waals surface area (Å²) in [7, 11) is 0. The molecule has 3 aromatic rings. The summed E-state index contributed by atoms with van der Waals surface area (Å²) in [5, 5.41) is 12.2. The van der Waals surface area contributed by atoms with E-state index >= 15 is 0 Å². The van der Waals surface area contributed by atoms with Gasteiger partial charge in [0, 0.05) is 30.8 Å². The first kappa shape index (κ1) is 33.0. The van der Waals surface area contributed by atoms with Gasteiger partial charge in [-0.05, 0) is 61.0 Å². The van der Waals surface area contributed by atoms with Gasteiger partial charge in [-0.1, -0.05) is 0 Å². The van der Waals surface area contributed by atoms with Crippen molar-refractivity contribution in [3.8, 4) is 5.75 Å². The molecule has 0 saturated carbocycles. The second-order valence-corrected chi connectivity index (χ2v) is 9.47. The number of aromatic nitrogens is 2. The fourth-order valence-corrected chi connectivity index (χ4v) is 4.25. The molecule has 0 aliphatic rings. The number of anilines is 2. The number of rotatable bonds is 12. The molecule has 228 valence electrons. The van der Waals surface area contributed by atoms with Gasteiger partial charge in [0.25, 0.3) is 17.7 Å². The van der Waals surface area contributed by atoms with Gasteiger partial charge >= 0.3 is 12.3 Å². The van der Waals surface area contributed by atoms with Gasteiger partial charge in [-0.3, -0.25) is 19.2 Å². The largest absolute Gasteiger partial charge is 0.573 e. The third-order valence-corrected chi connectivity index (χ3v) is 6.20. The van der Waals surface area contributed by atoms with E-state index in [-0.39, 0.29) is 22.8 Å². The molecular formula is C27H25F3N4O8S. The number of hydrogen-bond acceptors (Lipinski definition) is 11. The Hall–Kier alpha value is -4.54. The standard InChI is InChI=1S/C27H25F3N4O8S/c1-16(35)40-13-23(37)34(24(38)14-41-17(2)36)22-12-18(9-11-31-22)15-43-26-21(4-3-10-32-26)25(39)33-19-5-7-20(8-6-19)42-27(28,29)30/h3-12,16,35H,13-15H2,1-2H3,(H,33,39). The van der Waals surface area contributed by atoms with Gasteiger partial charge in [-0.25, -0.2) is 14.9 Å². The normalized spacial score (nSPS) is 11.8. The monoisotopic (exact) mass is 622 g/mol. The van der Waals surface area contributed by atoms with Crippen molar-refractivity contribution in [3.63, 3.8) is 0 Å². The summed E-state index contributed by atoms with van der Waals surface area (Å²) in [5.74, 6) is -3.38. The maximum atomic E-state index is 12.9. The highest BCUT2D eigenvalue weighted by Gasteiger charge is 2.31. The second kappa shape index (κ2) is 15.1. The molecule has 3 amide bonds.